The Kier molecular flexibility index (Phi) is 5.15. The van der Waals surface area contributed by atoms with E-state index < -0.39 is 0 Å². The Morgan fingerprint density at radius 1 is 1.47 bits per heavy atom. The first kappa shape index (κ1) is 13.7. The van der Waals surface area contributed by atoms with Gasteiger partial charge in [0.1, 0.15) is 0 Å². The Bertz CT molecular complexity index is 398. The van der Waals surface area contributed by atoms with Crippen molar-refractivity contribution in [3.63, 3.8) is 0 Å². The summed E-state index contributed by atoms with van der Waals surface area (Å²) in [7, 11) is 1.87. The van der Waals surface area contributed by atoms with Gasteiger partial charge in [0.2, 0.25) is 0 Å². The quantitative estimate of drug-likeness (QED) is 0.792. The molecule has 1 atom stereocenters. The topological polar surface area (TPSA) is 50.2 Å². The summed E-state index contributed by atoms with van der Waals surface area (Å²) in [6, 6.07) is 1.89. The van der Waals surface area contributed by atoms with Gasteiger partial charge in [-0.2, -0.15) is 5.10 Å². The molecule has 0 spiro atoms. The van der Waals surface area contributed by atoms with Crippen LogP contribution in [0.1, 0.15) is 20.8 Å². The number of nitrogens with one attached hydrogen (secondary N) is 1. The number of rotatable bonds is 6. The maximum Gasteiger partial charge on any atom is 0.268 e. The molecule has 96 valence electrons. The van der Waals surface area contributed by atoms with Gasteiger partial charge in [-0.05, 0) is 27.8 Å². The normalized spacial score (nSPS) is 12.5. The largest absolute Gasteiger partial charge is 0.371 e. The van der Waals surface area contributed by atoms with E-state index in [1.807, 2.05) is 14.0 Å². The Labute approximate surface area is 102 Å². The number of hydrogen-bond acceptors (Lipinski definition) is 4. The van der Waals surface area contributed by atoms with Crippen molar-refractivity contribution in [3.05, 3.63) is 22.6 Å². The minimum atomic E-state index is -0.0449. The van der Waals surface area contributed by atoms with Crippen LogP contribution in [0, 0.1) is 0 Å². The first-order chi connectivity index (χ1) is 8.12. The van der Waals surface area contributed by atoms with Gasteiger partial charge in [0.25, 0.3) is 5.56 Å². The lowest BCUT2D eigenvalue weighted by atomic mass is 10.3. The van der Waals surface area contributed by atoms with E-state index in [1.54, 1.807) is 12.3 Å². The zero-order valence-electron chi connectivity index (χ0n) is 11.1. The highest BCUT2D eigenvalue weighted by atomic mass is 16.1. The van der Waals surface area contributed by atoms with Crippen LogP contribution in [0.15, 0.2) is 17.1 Å². The van der Waals surface area contributed by atoms with Crippen LogP contribution in [0.25, 0.3) is 0 Å². The molecular formula is C12H22N4O. The number of anilines is 1. The molecule has 1 aromatic rings. The van der Waals surface area contributed by atoms with Gasteiger partial charge in [0.15, 0.2) is 0 Å². The first-order valence-corrected chi connectivity index (χ1v) is 6.11. The van der Waals surface area contributed by atoms with Crippen LogP contribution in [0.4, 0.5) is 5.69 Å². The van der Waals surface area contributed by atoms with E-state index in [9.17, 15) is 4.79 Å². The van der Waals surface area contributed by atoms with Gasteiger partial charge < -0.3 is 10.2 Å². The van der Waals surface area contributed by atoms with E-state index >= 15 is 0 Å². The van der Waals surface area contributed by atoms with E-state index in [0.29, 0.717) is 6.54 Å². The zero-order chi connectivity index (χ0) is 12.8. The van der Waals surface area contributed by atoms with Gasteiger partial charge in [0, 0.05) is 25.2 Å². The Balaban J connectivity index is 2.90. The molecule has 0 aliphatic rings. The lowest BCUT2D eigenvalue weighted by Gasteiger charge is -2.20. The fourth-order valence-electron chi connectivity index (χ4n) is 1.67. The monoisotopic (exact) mass is 238 g/mol. The minimum Gasteiger partial charge on any atom is -0.371 e. The Morgan fingerprint density at radius 2 is 2.12 bits per heavy atom. The van der Waals surface area contributed by atoms with Crippen molar-refractivity contribution in [2.24, 2.45) is 0 Å². The molecule has 1 aromatic heterocycles. The lowest BCUT2D eigenvalue weighted by molar-refractivity contribution is 0.464. The van der Waals surface area contributed by atoms with Crippen LogP contribution in [0.5, 0.6) is 0 Å². The summed E-state index contributed by atoms with van der Waals surface area (Å²) < 4.78 is 1.49. The van der Waals surface area contributed by atoms with Gasteiger partial charge >= 0.3 is 0 Å². The van der Waals surface area contributed by atoms with Crippen molar-refractivity contribution in [1.82, 2.24) is 15.1 Å². The molecule has 5 nitrogen and oxygen atoms in total. The van der Waals surface area contributed by atoms with Crippen LogP contribution in [0.3, 0.4) is 0 Å². The molecule has 0 radical (unpaired) electrons. The molecule has 1 rings (SSSR count). The second-order valence-electron chi connectivity index (χ2n) is 4.10. The van der Waals surface area contributed by atoms with Gasteiger partial charge in [-0.15, -0.1) is 0 Å². The maximum absolute atomic E-state index is 11.9. The van der Waals surface area contributed by atoms with E-state index in [2.05, 4.69) is 29.2 Å². The first-order valence-electron chi connectivity index (χ1n) is 6.11. The predicted molar refractivity (Wildman–Crippen MR) is 70.6 cm³/mol. The van der Waals surface area contributed by atoms with Gasteiger partial charge in [-0.3, -0.25) is 4.79 Å². The van der Waals surface area contributed by atoms with E-state index in [-0.39, 0.29) is 11.6 Å². The molecule has 0 saturated carbocycles. The zero-order valence-corrected chi connectivity index (χ0v) is 11.1. The smallest absolute Gasteiger partial charge is 0.268 e. The van der Waals surface area contributed by atoms with Crippen LogP contribution >= 0.6 is 0 Å². The fraction of sp³-hybridized carbons (Fsp3) is 0.667. The van der Waals surface area contributed by atoms with Crippen molar-refractivity contribution < 1.29 is 0 Å². The number of aromatic nitrogens is 2. The Hall–Kier alpha value is -1.36. The second-order valence-corrected chi connectivity index (χ2v) is 4.10. The van der Waals surface area contributed by atoms with Crippen molar-refractivity contribution in [2.45, 2.75) is 33.4 Å². The third-order valence-corrected chi connectivity index (χ3v) is 2.92. The molecular weight excluding hydrogens is 216 g/mol. The highest BCUT2D eigenvalue weighted by Crippen LogP contribution is 2.08. The summed E-state index contributed by atoms with van der Waals surface area (Å²) in [5.74, 6) is 0. The maximum atomic E-state index is 11.9. The van der Waals surface area contributed by atoms with Crippen LogP contribution < -0.4 is 15.8 Å². The fourth-order valence-corrected chi connectivity index (χ4v) is 1.67. The molecule has 5 heteroatoms. The standard InChI is InChI=1S/C12H22N4O/c1-5-15(6-2)11-7-12(17)16(14-8-11)9-10(3)13-4/h7-8,10,13H,5-6,9H2,1-4H3. The van der Waals surface area contributed by atoms with E-state index in [1.165, 1.54) is 4.68 Å². The second kappa shape index (κ2) is 6.39. The molecule has 0 saturated heterocycles. The van der Waals surface area contributed by atoms with Crippen molar-refractivity contribution in [3.8, 4) is 0 Å². The number of nitrogens with zero attached hydrogens (tertiary/aromatic N) is 3. The van der Waals surface area contributed by atoms with Gasteiger partial charge in [-0.25, -0.2) is 4.68 Å². The highest BCUT2D eigenvalue weighted by Gasteiger charge is 2.07. The third-order valence-electron chi connectivity index (χ3n) is 2.92. The average molecular weight is 238 g/mol. The van der Waals surface area contributed by atoms with E-state index in [4.69, 9.17) is 0 Å². The molecule has 0 amide bonds. The molecule has 17 heavy (non-hydrogen) atoms. The van der Waals surface area contributed by atoms with Gasteiger partial charge in [0.05, 0.1) is 18.4 Å². The molecule has 0 aliphatic heterocycles. The molecule has 1 unspecified atom stereocenters. The summed E-state index contributed by atoms with van der Waals surface area (Å²) in [6.07, 6.45) is 1.76. The van der Waals surface area contributed by atoms with Crippen molar-refractivity contribution in [1.29, 1.82) is 0 Å². The molecule has 0 fully saturated rings. The molecule has 0 bridgehead atoms. The van der Waals surface area contributed by atoms with Crippen molar-refractivity contribution in [2.75, 3.05) is 25.0 Å². The summed E-state index contributed by atoms with van der Waals surface area (Å²) in [5, 5.41) is 7.30. The SMILES string of the molecule is CCN(CC)c1cnn(CC(C)NC)c(=O)c1. The molecule has 0 aromatic carbocycles. The predicted octanol–water partition coefficient (Wildman–Crippen LogP) is 0.697. The van der Waals surface area contributed by atoms with Crippen LogP contribution in [-0.2, 0) is 6.54 Å². The molecule has 0 aliphatic carbocycles. The summed E-state index contributed by atoms with van der Waals surface area (Å²) in [5.41, 5.74) is 0.852. The average Bonchev–Trinajstić information content (AvgIpc) is 2.33. The molecule has 1 N–H and O–H groups in total. The molecule has 1 heterocycles. The highest BCUT2D eigenvalue weighted by molar-refractivity contribution is 5.42. The minimum absolute atomic E-state index is 0.0449. The summed E-state index contributed by atoms with van der Waals surface area (Å²) in [4.78, 5) is 14.0. The summed E-state index contributed by atoms with van der Waals surface area (Å²) in [6.45, 7) is 8.51. The van der Waals surface area contributed by atoms with E-state index in [0.717, 1.165) is 18.8 Å². The van der Waals surface area contributed by atoms with Crippen LogP contribution in [0.2, 0.25) is 0 Å². The lowest BCUT2D eigenvalue weighted by Crippen LogP contribution is -2.34. The van der Waals surface area contributed by atoms with Crippen molar-refractivity contribution >= 4 is 5.69 Å². The summed E-state index contributed by atoms with van der Waals surface area (Å²) >= 11 is 0. The van der Waals surface area contributed by atoms with Crippen LogP contribution in [-0.4, -0.2) is 36.0 Å². The number of likely N-dealkylation sites (N-methyl/N-ethyl adjacent to an activating group) is 1. The number of hydrogen-bond donors (Lipinski definition) is 1. The van der Waals surface area contributed by atoms with Gasteiger partial charge in [-0.1, -0.05) is 0 Å². The third kappa shape index (κ3) is 3.56. The Morgan fingerprint density at radius 3 is 2.59 bits per heavy atom.